The molecule has 0 spiro atoms. The van der Waals surface area contributed by atoms with Crippen molar-refractivity contribution in [3.8, 4) is 5.75 Å². The number of furan rings is 1. The van der Waals surface area contributed by atoms with Gasteiger partial charge in [0.15, 0.2) is 11.9 Å². The van der Waals surface area contributed by atoms with Crippen molar-refractivity contribution >= 4 is 17.4 Å². The summed E-state index contributed by atoms with van der Waals surface area (Å²) in [5.74, 6) is 0.288. The number of phenolic OH excluding ortho intramolecular Hbond substituents is 1. The maximum Gasteiger partial charge on any atom is 0.257 e. The number of carbonyl (C=O) groups excluding carboxylic acids is 2. The summed E-state index contributed by atoms with van der Waals surface area (Å²) in [4.78, 5) is 25.5. The first-order valence-electron chi connectivity index (χ1n) is 8.36. The van der Waals surface area contributed by atoms with Gasteiger partial charge in [0.2, 0.25) is 5.78 Å². The SMILES string of the molecule is Cc1ccc(CNC2=C(Nc3cccc(C(=O)N(C)C)c3O)C(=O)C2O)o1. The van der Waals surface area contributed by atoms with Crippen molar-refractivity contribution in [3.63, 3.8) is 0 Å². The molecule has 1 aliphatic carbocycles. The van der Waals surface area contributed by atoms with Crippen molar-refractivity contribution in [2.75, 3.05) is 19.4 Å². The smallest absolute Gasteiger partial charge is 0.257 e. The van der Waals surface area contributed by atoms with Gasteiger partial charge in [0.05, 0.1) is 23.5 Å². The summed E-state index contributed by atoms with van der Waals surface area (Å²) in [7, 11) is 3.16. The number of amides is 1. The third-order valence-electron chi connectivity index (χ3n) is 4.22. The highest BCUT2D eigenvalue weighted by atomic mass is 16.3. The third-order valence-corrected chi connectivity index (χ3v) is 4.22. The van der Waals surface area contributed by atoms with Gasteiger partial charge in [0.25, 0.3) is 5.91 Å². The number of nitrogens with one attached hydrogen (secondary N) is 2. The number of hydrogen-bond acceptors (Lipinski definition) is 7. The fourth-order valence-electron chi connectivity index (χ4n) is 2.73. The zero-order valence-corrected chi connectivity index (χ0v) is 15.2. The molecule has 2 aromatic rings. The molecular weight excluding hydrogens is 350 g/mol. The van der Waals surface area contributed by atoms with Gasteiger partial charge in [-0.1, -0.05) is 6.07 Å². The van der Waals surface area contributed by atoms with Crippen molar-refractivity contribution < 1.29 is 24.2 Å². The first-order valence-corrected chi connectivity index (χ1v) is 8.36. The number of aliphatic hydroxyl groups is 1. The van der Waals surface area contributed by atoms with Gasteiger partial charge < -0.3 is 30.2 Å². The van der Waals surface area contributed by atoms with E-state index in [-0.39, 0.29) is 28.6 Å². The first-order chi connectivity index (χ1) is 12.8. The number of aromatic hydroxyl groups is 1. The quantitative estimate of drug-likeness (QED) is 0.567. The average Bonchev–Trinajstić information content (AvgIpc) is 3.06. The molecule has 1 amide bonds. The Balaban J connectivity index is 1.82. The van der Waals surface area contributed by atoms with E-state index in [9.17, 15) is 19.8 Å². The van der Waals surface area contributed by atoms with Crippen molar-refractivity contribution in [1.29, 1.82) is 0 Å². The molecule has 0 bridgehead atoms. The maximum absolute atomic E-state index is 12.1. The number of anilines is 1. The van der Waals surface area contributed by atoms with E-state index in [0.717, 1.165) is 5.76 Å². The average molecular weight is 371 g/mol. The summed E-state index contributed by atoms with van der Waals surface area (Å²) in [6, 6.07) is 8.24. The van der Waals surface area contributed by atoms with E-state index >= 15 is 0 Å². The summed E-state index contributed by atoms with van der Waals surface area (Å²) in [5.41, 5.74) is 0.748. The van der Waals surface area contributed by atoms with Crippen LogP contribution in [0.15, 0.2) is 46.1 Å². The number of carbonyl (C=O) groups is 2. The van der Waals surface area contributed by atoms with Crippen LogP contribution in [0.2, 0.25) is 0 Å². The Hall–Kier alpha value is -3.26. The van der Waals surface area contributed by atoms with Crippen LogP contribution in [0.1, 0.15) is 21.9 Å². The van der Waals surface area contributed by atoms with Crippen LogP contribution >= 0.6 is 0 Å². The minimum atomic E-state index is -1.27. The largest absolute Gasteiger partial charge is 0.505 e. The predicted octanol–water partition coefficient (Wildman–Crippen LogP) is 1.35. The number of aliphatic hydroxyl groups excluding tert-OH is 1. The number of ketones is 1. The van der Waals surface area contributed by atoms with Crippen LogP contribution in [0.3, 0.4) is 0 Å². The number of Topliss-reactive ketones (excluding diaryl/α,β-unsaturated/α-hetero) is 1. The lowest BCUT2D eigenvalue weighted by Crippen LogP contribution is -2.45. The molecule has 1 unspecified atom stereocenters. The van der Waals surface area contributed by atoms with Crippen LogP contribution < -0.4 is 10.6 Å². The third kappa shape index (κ3) is 3.52. The zero-order chi connectivity index (χ0) is 19.7. The van der Waals surface area contributed by atoms with E-state index in [1.807, 2.05) is 13.0 Å². The fraction of sp³-hybridized carbons (Fsp3) is 0.263. The highest BCUT2D eigenvalue weighted by Crippen LogP contribution is 2.32. The molecule has 1 aromatic carbocycles. The number of rotatable bonds is 6. The number of aryl methyl sites for hydroxylation is 1. The summed E-state index contributed by atoms with van der Waals surface area (Å²) < 4.78 is 5.45. The second kappa shape index (κ2) is 7.16. The van der Waals surface area contributed by atoms with E-state index in [4.69, 9.17) is 4.42 Å². The van der Waals surface area contributed by atoms with Crippen molar-refractivity contribution in [3.05, 3.63) is 58.8 Å². The maximum atomic E-state index is 12.1. The second-order valence-electron chi connectivity index (χ2n) is 6.45. The molecule has 142 valence electrons. The number of phenols is 1. The van der Waals surface area contributed by atoms with E-state index in [0.29, 0.717) is 18.0 Å². The van der Waals surface area contributed by atoms with Gasteiger partial charge in [0.1, 0.15) is 17.2 Å². The summed E-state index contributed by atoms with van der Waals surface area (Å²) in [6.07, 6.45) is -1.27. The molecule has 1 atom stereocenters. The van der Waals surface area contributed by atoms with Crippen molar-refractivity contribution in [2.24, 2.45) is 0 Å². The Morgan fingerprint density at radius 1 is 1.26 bits per heavy atom. The van der Waals surface area contributed by atoms with Gasteiger partial charge in [0, 0.05) is 14.1 Å². The molecule has 0 saturated heterocycles. The van der Waals surface area contributed by atoms with Crippen LogP contribution in [-0.4, -0.2) is 47.0 Å². The molecule has 0 radical (unpaired) electrons. The molecule has 4 N–H and O–H groups in total. The van der Waals surface area contributed by atoms with Crippen LogP contribution in [0.25, 0.3) is 0 Å². The summed E-state index contributed by atoms with van der Waals surface area (Å²) in [6.45, 7) is 2.12. The van der Waals surface area contributed by atoms with Crippen molar-refractivity contribution in [2.45, 2.75) is 19.6 Å². The van der Waals surface area contributed by atoms with Gasteiger partial charge in [-0.25, -0.2) is 0 Å². The van der Waals surface area contributed by atoms with E-state index < -0.39 is 11.9 Å². The van der Waals surface area contributed by atoms with Crippen LogP contribution in [0.4, 0.5) is 5.69 Å². The molecule has 1 heterocycles. The molecule has 3 rings (SSSR count). The minimum absolute atomic E-state index is 0.110. The molecule has 0 aliphatic heterocycles. The summed E-state index contributed by atoms with van der Waals surface area (Å²) in [5, 5.41) is 26.1. The monoisotopic (exact) mass is 371 g/mol. The molecule has 1 aromatic heterocycles. The zero-order valence-electron chi connectivity index (χ0n) is 15.2. The van der Waals surface area contributed by atoms with Gasteiger partial charge in [-0.05, 0) is 31.2 Å². The Bertz CT molecular complexity index is 929. The lowest BCUT2D eigenvalue weighted by atomic mass is 9.94. The molecule has 0 saturated carbocycles. The minimum Gasteiger partial charge on any atom is -0.505 e. The van der Waals surface area contributed by atoms with Gasteiger partial charge in [-0.3, -0.25) is 9.59 Å². The molecular formula is C19H21N3O5. The number of nitrogens with zero attached hydrogens (tertiary/aromatic N) is 1. The molecule has 27 heavy (non-hydrogen) atoms. The fourth-order valence-corrected chi connectivity index (χ4v) is 2.73. The molecule has 1 aliphatic rings. The van der Waals surface area contributed by atoms with Crippen LogP contribution in [-0.2, 0) is 11.3 Å². The highest BCUT2D eigenvalue weighted by molar-refractivity contribution is 6.11. The Kier molecular flexibility index (Phi) is 4.91. The first kappa shape index (κ1) is 18.5. The van der Waals surface area contributed by atoms with Gasteiger partial charge in [-0.2, -0.15) is 0 Å². The van der Waals surface area contributed by atoms with E-state index in [1.165, 1.54) is 11.0 Å². The Labute approximate surface area is 156 Å². The van der Waals surface area contributed by atoms with E-state index in [2.05, 4.69) is 10.6 Å². The Morgan fingerprint density at radius 3 is 2.63 bits per heavy atom. The Morgan fingerprint density at radius 2 is 2.00 bits per heavy atom. The normalized spacial score (nSPS) is 16.1. The predicted molar refractivity (Wildman–Crippen MR) is 98.1 cm³/mol. The summed E-state index contributed by atoms with van der Waals surface area (Å²) >= 11 is 0. The van der Waals surface area contributed by atoms with Crippen LogP contribution in [0.5, 0.6) is 5.75 Å². The van der Waals surface area contributed by atoms with Gasteiger partial charge in [-0.15, -0.1) is 0 Å². The van der Waals surface area contributed by atoms with Crippen molar-refractivity contribution in [1.82, 2.24) is 10.2 Å². The van der Waals surface area contributed by atoms with Crippen LogP contribution in [0, 0.1) is 6.92 Å². The number of hydrogen-bond donors (Lipinski definition) is 4. The highest BCUT2D eigenvalue weighted by Gasteiger charge is 2.38. The van der Waals surface area contributed by atoms with Gasteiger partial charge >= 0.3 is 0 Å². The lowest BCUT2D eigenvalue weighted by molar-refractivity contribution is -0.124. The standard InChI is InChI=1S/C19H21N3O5/c1-10-7-8-11(27-10)9-20-14-15(18(25)17(14)24)21-13-6-4-5-12(16(13)23)19(26)22(2)3/h4-8,17,20-21,23-24H,9H2,1-3H3. The lowest BCUT2D eigenvalue weighted by Gasteiger charge is -2.29. The molecule has 8 nitrogen and oxygen atoms in total. The van der Waals surface area contributed by atoms with E-state index in [1.54, 1.807) is 32.3 Å². The molecule has 0 fully saturated rings. The second-order valence-corrected chi connectivity index (χ2v) is 6.45. The number of benzene rings is 1. The molecule has 8 heteroatoms. The number of para-hydroxylation sites is 1. The topological polar surface area (TPSA) is 115 Å².